The van der Waals surface area contributed by atoms with Crippen LogP contribution >= 0.6 is 0 Å². The maximum atomic E-state index is 13.7. The van der Waals surface area contributed by atoms with Crippen LogP contribution in [0.25, 0.3) is 0 Å². The minimum Gasteiger partial charge on any atom is -0.490 e. The predicted molar refractivity (Wildman–Crippen MR) is 109 cm³/mol. The van der Waals surface area contributed by atoms with Crippen LogP contribution in [0.2, 0.25) is 0 Å². The summed E-state index contributed by atoms with van der Waals surface area (Å²) in [6.45, 7) is 2.26. The predicted octanol–water partition coefficient (Wildman–Crippen LogP) is 3.28. The highest BCUT2D eigenvalue weighted by molar-refractivity contribution is 6.04. The molecule has 7 heteroatoms. The van der Waals surface area contributed by atoms with Gasteiger partial charge in [0.25, 0.3) is 0 Å². The van der Waals surface area contributed by atoms with E-state index in [1.807, 2.05) is 6.08 Å². The zero-order valence-corrected chi connectivity index (χ0v) is 18.1. The van der Waals surface area contributed by atoms with Gasteiger partial charge in [-0.2, -0.15) is 0 Å². The highest BCUT2D eigenvalue weighted by Crippen LogP contribution is 2.47. The Labute approximate surface area is 179 Å². The van der Waals surface area contributed by atoms with Gasteiger partial charge in [-0.05, 0) is 25.8 Å². The fraction of sp³-hybridized carbons (Fsp3) is 0.826. The number of ketones is 1. The van der Waals surface area contributed by atoms with Crippen LogP contribution in [-0.4, -0.2) is 55.7 Å². The van der Waals surface area contributed by atoms with E-state index >= 15 is 0 Å². The van der Waals surface area contributed by atoms with Crippen LogP contribution in [-0.2, 0) is 28.5 Å². The van der Waals surface area contributed by atoms with Crippen LogP contribution in [0.1, 0.15) is 71.1 Å². The van der Waals surface area contributed by atoms with Crippen molar-refractivity contribution in [2.45, 2.75) is 83.5 Å². The fourth-order valence-corrected chi connectivity index (χ4v) is 4.94. The van der Waals surface area contributed by atoms with Gasteiger partial charge in [-0.1, -0.05) is 44.9 Å². The van der Waals surface area contributed by atoms with E-state index in [2.05, 4.69) is 0 Å². The van der Waals surface area contributed by atoms with Crippen LogP contribution in [0, 0.1) is 11.3 Å². The van der Waals surface area contributed by atoms with E-state index < -0.39 is 29.7 Å². The van der Waals surface area contributed by atoms with E-state index in [9.17, 15) is 9.59 Å². The van der Waals surface area contributed by atoms with Crippen molar-refractivity contribution < 1.29 is 33.6 Å². The van der Waals surface area contributed by atoms with E-state index in [0.717, 1.165) is 38.5 Å². The van der Waals surface area contributed by atoms with Crippen LogP contribution < -0.4 is 0 Å². The van der Waals surface area contributed by atoms with Crippen molar-refractivity contribution >= 4 is 11.8 Å². The number of hydrogen-bond acceptors (Lipinski definition) is 7. The number of carbonyl (C=O) groups is 2. The number of aliphatic hydroxyl groups excluding tert-OH is 1. The summed E-state index contributed by atoms with van der Waals surface area (Å²) >= 11 is 0. The third kappa shape index (κ3) is 5.06. The molecule has 2 aliphatic heterocycles. The SMILES string of the molecule is CCOC(=O)C1([C@H]2C=C(OCCO)[C@@H]3OC[C@H]2O3)CCCCCCCCCCC1=O. The average molecular weight is 425 g/mol. The molecule has 170 valence electrons. The van der Waals surface area contributed by atoms with Gasteiger partial charge in [0.1, 0.15) is 17.8 Å². The van der Waals surface area contributed by atoms with Crippen molar-refractivity contribution in [1.29, 1.82) is 0 Å². The van der Waals surface area contributed by atoms with Crippen molar-refractivity contribution in [2.75, 3.05) is 26.4 Å². The zero-order chi connectivity index (χ0) is 21.4. The summed E-state index contributed by atoms with van der Waals surface area (Å²) < 4.78 is 22.8. The van der Waals surface area contributed by atoms with E-state index in [1.54, 1.807) is 6.92 Å². The van der Waals surface area contributed by atoms with Crippen molar-refractivity contribution in [3.8, 4) is 0 Å². The molecule has 4 atom stereocenters. The van der Waals surface area contributed by atoms with Crippen molar-refractivity contribution in [3.05, 3.63) is 11.8 Å². The lowest BCUT2D eigenvalue weighted by Gasteiger charge is -2.40. The molecule has 3 aliphatic rings. The fourth-order valence-electron chi connectivity index (χ4n) is 4.94. The molecule has 0 aromatic heterocycles. The Balaban J connectivity index is 1.96. The molecule has 1 saturated carbocycles. The number of ether oxygens (including phenoxy) is 4. The Morgan fingerprint density at radius 1 is 1.17 bits per heavy atom. The second-order valence-corrected chi connectivity index (χ2v) is 8.45. The van der Waals surface area contributed by atoms with E-state index in [0.29, 0.717) is 25.2 Å². The van der Waals surface area contributed by atoms with Crippen LogP contribution in [0.5, 0.6) is 0 Å². The van der Waals surface area contributed by atoms with Gasteiger partial charge >= 0.3 is 5.97 Å². The molecule has 0 amide bonds. The summed E-state index contributed by atoms with van der Waals surface area (Å²) in [7, 11) is 0. The van der Waals surface area contributed by atoms with Crippen LogP contribution in [0.3, 0.4) is 0 Å². The molecule has 0 aromatic rings. The molecule has 2 heterocycles. The summed E-state index contributed by atoms with van der Waals surface area (Å²) in [5.74, 6) is -0.577. The quantitative estimate of drug-likeness (QED) is 0.517. The molecule has 1 N–H and O–H groups in total. The van der Waals surface area contributed by atoms with Crippen molar-refractivity contribution in [1.82, 2.24) is 0 Å². The minimum atomic E-state index is -1.29. The molecule has 1 aliphatic carbocycles. The molecule has 0 radical (unpaired) electrons. The van der Waals surface area contributed by atoms with Crippen LogP contribution in [0.15, 0.2) is 11.8 Å². The third-order valence-corrected chi connectivity index (χ3v) is 6.48. The molecule has 2 fully saturated rings. The maximum absolute atomic E-state index is 13.7. The van der Waals surface area contributed by atoms with Gasteiger partial charge in [0.2, 0.25) is 6.29 Å². The van der Waals surface area contributed by atoms with Crippen molar-refractivity contribution in [2.24, 2.45) is 11.3 Å². The first-order chi connectivity index (χ1) is 14.6. The third-order valence-electron chi connectivity index (χ3n) is 6.48. The number of Topliss-reactive ketones (excluding diaryl/α,β-unsaturated/α-hetero) is 1. The largest absolute Gasteiger partial charge is 0.490 e. The average Bonchev–Trinajstić information content (AvgIpc) is 3.15. The Kier molecular flexibility index (Phi) is 8.72. The van der Waals surface area contributed by atoms with E-state index in [4.69, 9.17) is 24.1 Å². The number of aliphatic hydroxyl groups is 1. The first-order valence-electron chi connectivity index (χ1n) is 11.6. The summed E-state index contributed by atoms with van der Waals surface area (Å²) in [5.41, 5.74) is -1.29. The normalized spacial score (nSPS) is 33.2. The lowest BCUT2D eigenvalue weighted by atomic mass is 9.65. The summed E-state index contributed by atoms with van der Waals surface area (Å²) in [4.78, 5) is 27.0. The summed E-state index contributed by atoms with van der Waals surface area (Å²) in [6.07, 6.45) is 9.84. The Hall–Kier alpha value is -1.44. The Morgan fingerprint density at radius 3 is 2.57 bits per heavy atom. The highest BCUT2D eigenvalue weighted by Gasteiger charge is 2.57. The van der Waals surface area contributed by atoms with E-state index in [1.165, 1.54) is 12.8 Å². The lowest BCUT2D eigenvalue weighted by Crippen LogP contribution is -2.52. The highest BCUT2D eigenvalue weighted by atomic mass is 16.7. The summed E-state index contributed by atoms with van der Waals surface area (Å²) in [5, 5.41) is 9.15. The first-order valence-corrected chi connectivity index (χ1v) is 11.6. The van der Waals surface area contributed by atoms with Gasteiger partial charge < -0.3 is 24.1 Å². The molecular formula is C23H36O7. The Morgan fingerprint density at radius 2 is 1.87 bits per heavy atom. The smallest absolute Gasteiger partial charge is 0.320 e. The van der Waals surface area contributed by atoms with E-state index in [-0.39, 0.29) is 25.6 Å². The molecule has 1 saturated heterocycles. The maximum Gasteiger partial charge on any atom is 0.320 e. The number of fused-ring (bicyclic) bond motifs is 2. The number of hydrogen-bond donors (Lipinski definition) is 1. The Bertz CT molecular complexity index is 617. The minimum absolute atomic E-state index is 0.0572. The number of carbonyl (C=O) groups excluding carboxylic acids is 2. The molecule has 1 unspecified atom stereocenters. The van der Waals surface area contributed by atoms with Crippen LogP contribution in [0.4, 0.5) is 0 Å². The molecule has 2 bridgehead atoms. The molecule has 3 rings (SSSR count). The molecule has 7 nitrogen and oxygen atoms in total. The molecule has 0 spiro atoms. The zero-order valence-electron chi connectivity index (χ0n) is 18.1. The second kappa shape index (κ2) is 11.3. The molecule has 30 heavy (non-hydrogen) atoms. The molecule has 0 aromatic carbocycles. The topological polar surface area (TPSA) is 91.3 Å². The second-order valence-electron chi connectivity index (χ2n) is 8.45. The van der Waals surface area contributed by atoms with Gasteiger partial charge in [-0.3, -0.25) is 9.59 Å². The summed E-state index contributed by atoms with van der Waals surface area (Å²) in [6, 6.07) is 0. The standard InChI is InChI=1S/C23H36O7/c1-2-27-22(26)23(12-10-8-6-4-3-5-7-9-11-20(23)25)17-15-18(28-14-13-24)21-29-16-19(17)30-21/h15,17,19,21,24H,2-14,16H2,1H3/t17-,19+,21+,23?/m0/s1. The number of rotatable bonds is 6. The first kappa shape index (κ1) is 23.2. The van der Waals surface area contributed by atoms with Gasteiger partial charge in [-0.25, -0.2) is 0 Å². The van der Waals surface area contributed by atoms with Gasteiger partial charge in [0.05, 0.1) is 25.9 Å². The van der Waals surface area contributed by atoms with Gasteiger partial charge in [0.15, 0.2) is 5.78 Å². The lowest BCUT2D eigenvalue weighted by molar-refractivity contribution is -0.170. The van der Waals surface area contributed by atoms with Gasteiger partial charge in [0, 0.05) is 12.3 Å². The van der Waals surface area contributed by atoms with Crippen molar-refractivity contribution in [3.63, 3.8) is 0 Å². The monoisotopic (exact) mass is 424 g/mol. The number of esters is 1. The molecular weight excluding hydrogens is 388 g/mol. The van der Waals surface area contributed by atoms with Gasteiger partial charge in [-0.15, -0.1) is 0 Å².